The maximum absolute atomic E-state index is 12.0. The van der Waals surface area contributed by atoms with Gasteiger partial charge in [0.1, 0.15) is 5.60 Å². The van der Waals surface area contributed by atoms with E-state index < -0.39 is 5.60 Å². The van der Waals surface area contributed by atoms with Gasteiger partial charge in [0.05, 0.1) is 6.04 Å². The lowest BCUT2D eigenvalue weighted by molar-refractivity contribution is 0.0507. The van der Waals surface area contributed by atoms with Crippen LogP contribution in [0, 0.1) is 0 Å². The second-order valence-corrected chi connectivity index (χ2v) is 8.28. The van der Waals surface area contributed by atoms with Crippen molar-refractivity contribution in [1.29, 1.82) is 0 Å². The number of alkyl carbamates (subject to hydrolysis) is 1. The van der Waals surface area contributed by atoms with Crippen molar-refractivity contribution >= 4 is 12.1 Å². The van der Waals surface area contributed by atoms with Crippen molar-refractivity contribution < 1.29 is 9.53 Å². The Bertz CT molecular complexity index is 642. The summed E-state index contributed by atoms with van der Waals surface area (Å²) in [4.78, 5) is 20.8. The fourth-order valence-electron chi connectivity index (χ4n) is 3.21. The number of likely N-dealkylation sites (N-methyl/N-ethyl adjacent to an activating group) is 1. The van der Waals surface area contributed by atoms with Gasteiger partial charge in [-0.15, -0.1) is 0 Å². The maximum atomic E-state index is 12.0. The van der Waals surface area contributed by atoms with Gasteiger partial charge in [-0.05, 0) is 39.8 Å². The second kappa shape index (κ2) is 10.3. The molecule has 2 rings (SSSR count). The Morgan fingerprint density at radius 3 is 2.68 bits per heavy atom. The van der Waals surface area contributed by atoms with E-state index in [9.17, 15) is 4.79 Å². The predicted molar refractivity (Wildman–Crippen MR) is 113 cm³/mol. The number of ether oxygens (including phenoxy) is 1. The van der Waals surface area contributed by atoms with Crippen LogP contribution >= 0.6 is 0 Å². The average molecular weight is 390 g/mol. The lowest BCUT2D eigenvalue weighted by Crippen LogP contribution is -2.45. The second-order valence-electron chi connectivity index (χ2n) is 8.28. The molecule has 1 unspecified atom stereocenters. The van der Waals surface area contributed by atoms with E-state index in [0.29, 0.717) is 0 Å². The molecule has 1 aliphatic heterocycles. The van der Waals surface area contributed by atoms with E-state index in [-0.39, 0.29) is 12.1 Å². The highest BCUT2D eigenvalue weighted by Gasteiger charge is 2.27. The Morgan fingerprint density at radius 2 is 2.04 bits per heavy atom. The van der Waals surface area contributed by atoms with Crippen LogP contribution < -0.4 is 10.6 Å². The molecule has 0 spiro atoms. The number of guanidine groups is 1. The van der Waals surface area contributed by atoms with Crippen LogP contribution in [0.1, 0.15) is 32.8 Å². The van der Waals surface area contributed by atoms with Gasteiger partial charge >= 0.3 is 6.09 Å². The monoisotopic (exact) mass is 389 g/mol. The minimum atomic E-state index is -0.480. The maximum Gasteiger partial charge on any atom is 0.407 e. The van der Waals surface area contributed by atoms with Gasteiger partial charge in [-0.3, -0.25) is 4.99 Å². The molecule has 1 saturated heterocycles. The summed E-state index contributed by atoms with van der Waals surface area (Å²) in [6.45, 7) is 9.86. The molecule has 28 heavy (non-hydrogen) atoms. The smallest absolute Gasteiger partial charge is 0.407 e. The number of carbonyl (C=O) groups excluding carboxylic acids is 1. The lowest BCUT2D eigenvalue weighted by Gasteiger charge is -2.24. The molecule has 1 aliphatic rings. The minimum absolute atomic E-state index is 0.0779. The summed E-state index contributed by atoms with van der Waals surface area (Å²) >= 11 is 0. The van der Waals surface area contributed by atoms with E-state index in [0.717, 1.165) is 45.1 Å². The topological polar surface area (TPSA) is 69.2 Å². The van der Waals surface area contributed by atoms with Crippen molar-refractivity contribution in [2.45, 2.75) is 45.4 Å². The molecule has 1 heterocycles. The Labute approximate surface area is 169 Å². The first-order chi connectivity index (χ1) is 13.3. The largest absolute Gasteiger partial charge is 0.444 e. The predicted octanol–water partition coefficient (Wildman–Crippen LogP) is 2.29. The first-order valence-electron chi connectivity index (χ1n) is 9.94. The van der Waals surface area contributed by atoms with Crippen molar-refractivity contribution in [3.63, 3.8) is 0 Å². The summed E-state index contributed by atoms with van der Waals surface area (Å²) in [5.74, 6) is 0.876. The molecule has 0 aromatic heterocycles. The summed E-state index contributed by atoms with van der Waals surface area (Å²) < 4.78 is 5.34. The van der Waals surface area contributed by atoms with Gasteiger partial charge < -0.3 is 25.2 Å². The van der Waals surface area contributed by atoms with Crippen LogP contribution in [0.2, 0.25) is 0 Å². The van der Waals surface area contributed by atoms with E-state index in [4.69, 9.17) is 4.74 Å². The number of likely N-dealkylation sites (tertiary alicyclic amines) is 1. The molecule has 1 atom stereocenters. The summed E-state index contributed by atoms with van der Waals surface area (Å²) in [7, 11) is 3.92. The number of carbonyl (C=O) groups is 1. The number of rotatable bonds is 6. The number of nitrogens with one attached hydrogen (secondary N) is 2. The molecule has 1 fully saturated rings. The molecule has 1 amide bonds. The number of aliphatic imine (C=N–C) groups is 1. The molecule has 7 nitrogen and oxygen atoms in total. The number of benzene rings is 1. The highest BCUT2D eigenvalue weighted by atomic mass is 16.6. The first kappa shape index (κ1) is 22.0. The Hall–Kier alpha value is -2.28. The van der Waals surface area contributed by atoms with E-state index in [1.54, 1.807) is 7.05 Å². The van der Waals surface area contributed by atoms with Crippen LogP contribution in [0.4, 0.5) is 4.79 Å². The zero-order valence-corrected chi connectivity index (χ0v) is 17.9. The molecule has 2 N–H and O–H groups in total. The van der Waals surface area contributed by atoms with Crippen molar-refractivity contribution in [3.05, 3.63) is 35.9 Å². The Kier molecular flexibility index (Phi) is 8.11. The molecular weight excluding hydrogens is 354 g/mol. The molecule has 1 aromatic rings. The van der Waals surface area contributed by atoms with Gasteiger partial charge in [-0.1, -0.05) is 30.3 Å². The van der Waals surface area contributed by atoms with Gasteiger partial charge in [0.25, 0.3) is 0 Å². The molecule has 0 radical (unpaired) electrons. The van der Waals surface area contributed by atoms with E-state index in [1.165, 1.54) is 5.56 Å². The van der Waals surface area contributed by atoms with E-state index >= 15 is 0 Å². The van der Waals surface area contributed by atoms with Crippen LogP contribution in [0.15, 0.2) is 35.3 Å². The van der Waals surface area contributed by atoms with Crippen molar-refractivity contribution in [3.8, 4) is 0 Å². The third kappa shape index (κ3) is 7.76. The van der Waals surface area contributed by atoms with Crippen LogP contribution in [-0.2, 0) is 11.3 Å². The van der Waals surface area contributed by atoms with E-state index in [2.05, 4.69) is 56.7 Å². The van der Waals surface area contributed by atoms with Gasteiger partial charge in [-0.2, -0.15) is 0 Å². The summed E-state index contributed by atoms with van der Waals surface area (Å²) in [5, 5.41) is 6.38. The van der Waals surface area contributed by atoms with Crippen molar-refractivity contribution in [2.75, 3.05) is 40.3 Å². The van der Waals surface area contributed by atoms with Crippen molar-refractivity contribution in [2.24, 2.45) is 4.99 Å². The molecule has 156 valence electrons. The summed E-state index contributed by atoms with van der Waals surface area (Å²) in [5.41, 5.74) is 0.830. The molecular formula is C21H35N5O2. The third-order valence-electron chi connectivity index (χ3n) is 4.49. The number of hydrogen-bond acceptors (Lipinski definition) is 4. The van der Waals surface area contributed by atoms with Gasteiger partial charge in [-0.25, -0.2) is 4.79 Å². The zero-order valence-electron chi connectivity index (χ0n) is 17.9. The zero-order chi connectivity index (χ0) is 20.6. The third-order valence-corrected chi connectivity index (χ3v) is 4.49. The van der Waals surface area contributed by atoms with Crippen molar-refractivity contribution in [1.82, 2.24) is 20.4 Å². The fourth-order valence-corrected chi connectivity index (χ4v) is 3.21. The summed E-state index contributed by atoms with van der Waals surface area (Å²) in [6, 6.07) is 10.5. The molecule has 0 aliphatic carbocycles. The van der Waals surface area contributed by atoms with E-state index in [1.807, 2.05) is 26.8 Å². The van der Waals surface area contributed by atoms with Gasteiger partial charge in [0.15, 0.2) is 5.96 Å². The lowest BCUT2D eigenvalue weighted by atomic mass is 10.2. The van der Waals surface area contributed by atoms with Crippen LogP contribution in [0.5, 0.6) is 0 Å². The molecule has 7 heteroatoms. The standard InChI is InChI=1S/C21H35N5O2/c1-21(2,3)28-20(27)24-18-11-13-26(16-18)19(22-4)23-12-14-25(5)15-17-9-7-6-8-10-17/h6-10,18H,11-16H2,1-5H3,(H,22,23)(H,24,27). The quantitative estimate of drug-likeness (QED) is 0.577. The SMILES string of the molecule is CN=C(NCCN(C)Cc1ccccc1)N1CCC(NC(=O)OC(C)(C)C)C1. The summed E-state index contributed by atoms with van der Waals surface area (Å²) in [6.07, 6.45) is 0.526. The van der Waals surface area contributed by atoms with Crippen LogP contribution in [0.3, 0.4) is 0 Å². The fraction of sp³-hybridized carbons (Fsp3) is 0.619. The van der Waals surface area contributed by atoms with Crippen LogP contribution in [-0.4, -0.2) is 73.8 Å². The number of nitrogens with zero attached hydrogens (tertiary/aromatic N) is 3. The van der Waals surface area contributed by atoms with Crippen LogP contribution in [0.25, 0.3) is 0 Å². The normalized spacial score (nSPS) is 17.7. The van der Waals surface area contributed by atoms with Gasteiger partial charge in [0, 0.05) is 39.8 Å². The average Bonchev–Trinajstić information content (AvgIpc) is 3.06. The minimum Gasteiger partial charge on any atom is -0.444 e. The number of amides is 1. The highest BCUT2D eigenvalue weighted by molar-refractivity contribution is 5.80. The Morgan fingerprint density at radius 1 is 1.32 bits per heavy atom. The number of hydrogen-bond donors (Lipinski definition) is 2. The van der Waals surface area contributed by atoms with Gasteiger partial charge in [0.2, 0.25) is 0 Å². The highest BCUT2D eigenvalue weighted by Crippen LogP contribution is 2.12. The molecule has 0 saturated carbocycles. The molecule has 1 aromatic carbocycles. The first-order valence-corrected chi connectivity index (χ1v) is 9.94. The Balaban J connectivity index is 1.71. The molecule has 0 bridgehead atoms.